The first-order valence-corrected chi connectivity index (χ1v) is 5.80. The molecule has 0 unspecified atom stereocenters. The van der Waals surface area contributed by atoms with E-state index >= 15 is 0 Å². The monoisotopic (exact) mass is 235 g/mol. The zero-order chi connectivity index (χ0) is 12.3. The highest BCUT2D eigenvalue weighted by Crippen LogP contribution is 2.26. The third-order valence-electron chi connectivity index (χ3n) is 3.05. The van der Waals surface area contributed by atoms with E-state index in [1.54, 1.807) is 18.3 Å². The Bertz CT molecular complexity index is 402. The number of aliphatic hydroxyl groups is 1. The Hall–Kier alpha value is -1.46. The van der Waals surface area contributed by atoms with Crippen LogP contribution in [0.1, 0.15) is 28.9 Å². The van der Waals surface area contributed by atoms with Gasteiger partial charge in [-0.25, -0.2) is 0 Å². The van der Waals surface area contributed by atoms with Gasteiger partial charge < -0.3 is 16.2 Å². The summed E-state index contributed by atoms with van der Waals surface area (Å²) in [6.45, 7) is 0.951. The van der Waals surface area contributed by atoms with Crippen LogP contribution in [-0.4, -0.2) is 28.6 Å². The van der Waals surface area contributed by atoms with Crippen molar-refractivity contribution in [3.05, 3.63) is 29.6 Å². The number of carbonyl (C=O) groups excluding carboxylic acids is 1. The van der Waals surface area contributed by atoms with Gasteiger partial charge in [-0.2, -0.15) is 0 Å². The highest BCUT2D eigenvalue weighted by molar-refractivity contribution is 5.94. The predicted molar refractivity (Wildman–Crippen MR) is 63.2 cm³/mol. The molecule has 1 aromatic rings. The number of amides is 1. The largest absolute Gasteiger partial charge is 0.393 e. The number of aromatic nitrogens is 1. The van der Waals surface area contributed by atoms with Crippen molar-refractivity contribution >= 4 is 5.91 Å². The normalized spacial score (nSPS) is 22.9. The van der Waals surface area contributed by atoms with E-state index in [1.807, 2.05) is 0 Å². The second-order valence-electron chi connectivity index (χ2n) is 4.44. The SMILES string of the molecule is NCc1cc(C(=O)NCC2CC(O)C2)ccn1. The maximum absolute atomic E-state index is 11.8. The Labute approximate surface area is 100 Å². The van der Waals surface area contributed by atoms with E-state index in [4.69, 9.17) is 10.8 Å². The molecular formula is C12H17N3O2. The lowest BCUT2D eigenvalue weighted by Crippen LogP contribution is -2.38. The molecule has 0 aliphatic heterocycles. The van der Waals surface area contributed by atoms with Gasteiger partial charge in [0, 0.05) is 24.8 Å². The summed E-state index contributed by atoms with van der Waals surface area (Å²) in [5.41, 5.74) is 6.75. The van der Waals surface area contributed by atoms with Crippen LogP contribution in [0, 0.1) is 5.92 Å². The van der Waals surface area contributed by atoms with Gasteiger partial charge >= 0.3 is 0 Å². The highest BCUT2D eigenvalue weighted by atomic mass is 16.3. The first-order valence-electron chi connectivity index (χ1n) is 5.80. The van der Waals surface area contributed by atoms with E-state index in [-0.39, 0.29) is 12.0 Å². The molecule has 1 saturated carbocycles. The van der Waals surface area contributed by atoms with Crippen molar-refractivity contribution in [3.63, 3.8) is 0 Å². The molecule has 17 heavy (non-hydrogen) atoms. The first kappa shape index (κ1) is 12.0. The van der Waals surface area contributed by atoms with Gasteiger partial charge in [-0.1, -0.05) is 0 Å². The van der Waals surface area contributed by atoms with Gasteiger partial charge in [-0.3, -0.25) is 9.78 Å². The van der Waals surface area contributed by atoms with Gasteiger partial charge in [0.25, 0.3) is 5.91 Å². The third-order valence-corrected chi connectivity index (χ3v) is 3.05. The fourth-order valence-electron chi connectivity index (χ4n) is 1.94. The number of rotatable bonds is 4. The van der Waals surface area contributed by atoms with Crippen LogP contribution in [0.2, 0.25) is 0 Å². The van der Waals surface area contributed by atoms with Crippen molar-refractivity contribution in [3.8, 4) is 0 Å². The molecule has 0 bridgehead atoms. The second kappa shape index (κ2) is 5.25. The summed E-state index contributed by atoms with van der Waals surface area (Å²) in [4.78, 5) is 15.8. The molecule has 0 radical (unpaired) electrons. The van der Waals surface area contributed by atoms with Crippen molar-refractivity contribution in [2.75, 3.05) is 6.54 Å². The van der Waals surface area contributed by atoms with Crippen LogP contribution in [0.15, 0.2) is 18.3 Å². The average molecular weight is 235 g/mol. The van der Waals surface area contributed by atoms with Gasteiger partial charge in [0.05, 0.1) is 11.8 Å². The molecule has 1 aromatic heterocycles. The smallest absolute Gasteiger partial charge is 0.251 e. The summed E-state index contributed by atoms with van der Waals surface area (Å²) in [6, 6.07) is 3.37. The van der Waals surface area contributed by atoms with Gasteiger partial charge in [-0.15, -0.1) is 0 Å². The summed E-state index contributed by atoms with van der Waals surface area (Å²) in [5.74, 6) is 0.299. The number of nitrogens with zero attached hydrogens (tertiary/aromatic N) is 1. The predicted octanol–water partition coefficient (Wildman–Crippen LogP) is 0.0410. The summed E-state index contributed by atoms with van der Waals surface area (Å²) in [6.07, 6.45) is 2.97. The number of pyridine rings is 1. The number of nitrogens with one attached hydrogen (secondary N) is 1. The molecule has 4 N–H and O–H groups in total. The van der Waals surface area contributed by atoms with Crippen LogP contribution >= 0.6 is 0 Å². The molecule has 1 heterocycles. The van der Waals surface area contributed by atoms with Crippen LogP contribution in [0.4, 0.5) is 0 Å². The highest BCUT2D eigenvalue weighted by Gasteiger charge is 2.27. The molecule has 1 aliphatic rings. The van der Waals surface area contributed by atoms with Crippen LogP contribution in [0.5, 0.6) is 0 Å². The van der Waals surface area contributed by atoms with Crippen molar-refractivity contribution in [1.29, 1.82) is 0 Å². The lowest BCUT2D eigenvalue weighted by molar-refractivity contribution is 0.0420. The molecule has 2 rings (SSSR count). The molecule has 1 amide bonds. The number of hydrogen-bond acceptors (Lipinski definition) is 4. The minimum absolute atomic E-state index is 0.108. The Kier molecular flexibility index (Phi) is 3.71. The van der Waals surface area contributed by atoms with Crippen molar-refractivity contribution in [2.45, 2.75) is 25.5 Å². The molecule has 5 heteroatoms. The average Bonchev–Trinajstić information content (AvgIpc) is 2.33. The number of hydrogen-bond donors (Lipinski definition) is 3. The third kappa shape index (κ3) is 3.01. The number of carbonyl (C=O) groups is 1. The maximum Gasteiger partial charge on any atom is 0.251 e. The molecule has 1 aliphatic carbocycles. The van der Waals surface area contributed by atoms with Crippen LogP contribution in [0.25, 0.3) is 0 Å². The van der Waals surface area contributed by atoms with Crippen molar-refractivity contribution < 1.29 is 9.90 Å². The molecule has 5 nitrogen and oxygen atoms in total. The quantitative estimate of drug-likeness (QED) is 0.687. The summed E-state index contributed by atoms with van der Waals surface area (Å²) in [7, 11) is 0. The van der Waals surface area contributed by atoms with Gasteiger partial charge in [0.2, 0.25) is 0 Å². The molecule has 0 atom stereocenters. The molecule has 0 aromatic carbocycles. The zero-order valence-corrected chi connectivity index (χ0v) is 9.60. The Balaban J connectivity index is 1.86. The van der Waals surface area contributed by atoms with Gasteiger partial charge in [-0.05, 0) is 30.9 Å². The van der Waals surface area contributed by atoms with Crippen molar-refractivity contribution in [1.82, 2.24) is 10.3 Å². The van der Waals surface area contributed by atoms with E-state index in [9.17, 15) is 4.79 Å². The van der Waals surface area contributed by atoms with E-state index in [0.717, 1.165) is 12.8 Å². The fraction of sp³-hybridized carbons (Fsp3) is 0.500. The molecular weight excluding hydrogens is 218 g/mol. The van der Waals surface area contributed by atoms with Gasteiger partial charge in [0.1, 0.15) is 0 Å². The number of nitrogens with two attached hydrogens (primary N) is 1. The standard InChI is InChI=1S/C12H17N3O2/c13-6-10-5-9(1-2-14-10)12(17)15-7-8-3-11(16)4-8/h1-2,5,8,11,16H,3-4,6-7,13H2,(H,15,17). The fourth-order valence-corrected chi connectivity index (χ4v) is 1.94. The molecule has 1 fully saturated rings. The van der Waals surface area contributed by atoms with Crippen molar-refractivity contribution in [2.24, 2.45) is 11.7 Å². The van der Waals surface area contributed by atoms with E-state index in [0.29, 0.717) is 30.3 Å². The topological polar surface area (TPSA) is 88.2 Å². The molecule has 0 saturated heterocycles. The Morgan fingerprint density at radius 2 is 2.35 bits per heavy atom. The number of aliphatic hydroxyl groups excluding tert-OH is 1. The van der Waals surface area contributed by atoms with Gasteiger partial charge in [0.15, 0.2) is 0 Å². The lowest BCUT2D eigenvalue weighted by Gasteiger charge is -2.31. The summed E-state index contributed by atoms with van der Waals surface area (Å²) >= 11 is 0. The van der Waals surface area contributed by atoms with Crippen LogP contribution < -0.4 is 11.1 Å². The maximum atomic E-state index is 11.8. The Morgan fingerprint density at radius 3 is 3.00 bits per heavy atom. The zero-order valence-electron chi connectivity index (χ0n) is 9.60. The Morgan fingerprint density at radius 1 is 1.59 bits per heavy atom. The molecule has 92 valence electrons. The first-order chi connectivity index (χ1) is 8.19. The minimum Gasteiger partial charge on any atom is -0.393 e. The van der Waals surface area contributed by atoms with E-state index in [1.165, 1.54) is 0 Å². The van der Waals surface area contributed by atoms with Crippen LogP contribution in [-0.2, 0) is 6.54 Å². The minimum atomic E-state index is -0.179. The molecule has 0 spiro atoms. The summed E-state index contributed by atoms with van der Waals surface area (Å²) < 4.78 is 0. The lowest BCUT2D eigenvalue weighted by atomic mass is 9.82. The van der Waals surface area contributed by atoms with E-state index < -0.39 is 0 Å². The second-order valence-corrected chi connectivity index (χ2v) is 4.44. The van der Waals surface area contributed by atoms with E-state index in [2.05, 4.69) is 10.3 Å². The van der Waals surface area contributed by atoms with Crippen LogP contribution in [0.3, 0.4) is 0 Å². The summed E-state index contributed by atoms with van der Waals surface area (Å²) in [5, 5.41) is 12.0.